The lowest BCUT2D eigenvalue weighted by Gasteiger charge is -2.35. The number of benzene rings is 5. The predicted molar refractivity (Wildman–Crippen MR) is 187 cm³/mol. The second-order valence-electron chi connectivity index (χ2n) is 12.1. The number of fused-ring (bicyclic) bond motifs is 1. The van der Waals surface area contributed by atoms with Gasteiger partial charge in [-0.2, -0.15) is 0 Å². The highest BCUT2D eigenvalue weighted by Gasteiger charge is 2.37. The number of carboxylic acid groups (broad SMARTS) is 1. The van der Waals surface area contributed by atoms with Gasteiger partial charge in [-0.05, 0) is 45.5 Å². The first kappa shape index (κ1) is 33.8. The van der Waals surface area contributed by atoms with Crippen LogP contribution in [0.3, 0.4) is 0 Å². The minimum Gasteiger partial charge on any atom is -0.485 e. The third-order valence-electron chi connectivity index (χ3n) is 8.53. The Labute approximate surface area is 291 Å². The van der Waals surface area contributed by atoms with Crippen LogP contribution in [0, 0.1) is 0 Å². The van der Waals surface area contributed by atoms with Gasteiger partial charge in [0.1, 0.15) is 31.9 Å². The van der Waals surface area contributed by atoms with Gasteiger partial charge in [0.25, 0.3) is 0 Å². The van der Waals surface area contributed by atoms with Crippen molar-refractivity contribution in [3.63, 3.8) is 0 Å². The van der Waals surface area contributed by atoms with Crippen LogP contribution in [-0.4, -0.2) is 40.1 Å². The first-order valence-corrected chi connectivity index (χ1v) is 16.5. The summed E-state index contributed by atoms with van der Waals surface area (Å²) in [5, 5.41) is 12.9. The molecule has 9 heteroatoms. The summed E-state index contributed by atoms with van der Waals surface area (Å²) in [6.07, 6.45) is -0.454. The molecule has 1 heterocycles. The summed E-state index contributed by atoms with van der Waals surface area (Å²) in [4.78, 5) is 41.1. The number of amides is 2. The fourth-order valence-corrected chi connectivity index (χ4v) is 5.84. The largest absolute Gasteiger partial charge is 0.485 e. The zero-order chi connectivity index (χ0) is 34.7. The Morgan fingerprint density at radius 2 is 1.20 bits per heavy atom. The van der Waals surface area contributed by atoms with Crippen molar-refractivity contribution in [2.24, 2.45) is 0 Å². The van der Waals surface area contributed by atoms with Crippen LogP contribution in [0.25, 0.3) is 0 Å². The van der Waals surface area contributed by atoms with Crippen molar-refractivity contribution >= 4 is 18.0 Å². The highest BCUT2D eigenvalue weighted by Crippen LogP contribution is 2.31. The molecule has 2 atom stereocenters. The number of carbonyl (C=O) groups is 3. The standard InChI is InChI=1S/C41H38N2O7/c44-39(36-24-33-18-10-11-19-34(33)25-43(36)41(47)50-28-31-16-8-3-9-17-31)42-35(40(45)46)22-32-20-21-37(48-26-29-12-4-1-5-13-29)38(23-32)49-27-30-14-6-2-7-15-30/h1-21,23,35-36H,22,24-28H2,(H,42,44)(H,45,46)/t35-,36-/m0/s1. The Hall–Kier alpha value is -6.09. The molecule has 0 fully saturated rings. The van der Waals surface area contributed by atoms with Gasteiger partial charge in [-0.15, -0.1) is 0 Å². The minimum atomic E-state index is -1.28. The maximum Gasteiger partial charge on any atom is 0.411 e. The van der Waals surface area contributed by atoms with Gasteiger partial charge >= 0.3 is 12.1 Å². The molecule has 0 radical (unpaired) electrons. The van der Waals surface area contributed by atoms with Crippen molar-refractivity contribution < 1.29 is 33.7 Å². The molecule has 0 unspecified atom stereocenters. The molecule has 50 heavy (non-hydrogen) atoms. The highest BCUT2D eigenvalue weighted by molar-refractivity contribution is 5.90. The topological polar surface area (TPSA) is 114 Å². The summed E-state index contributed by atoms with van der Waals surface area (Å²) in [5.41, 5.74) is 5.21. The molecule has 0 saturated carbocycles. The van der Waals surface area contributed by atoms with Crippen molar-refractivity contribution in [3.05, 3.63) is 167 Å². The SMILES string of the molecule is O=C(O)[C@H](Cc1ccc(OCc2ccccc2)c(OCc2ccccc2)c1)NC(=O)[C@@H]1Cc2ccccc2CN1C(=O)OCc1ccccc1. The molecule has 5 aromatic carbocycles. The summed E-state index contributed by atoms with van der Waals surface area (Å²) >= 11 is 0. The van der Waals surface area contributed by atoms with Crippen LogP contribution < -0.4 is 14.8 Å². The summed E-state index contributed by atoms with van der Waals surface area (Å²) in [5.74, 6) is -0.820. The number of ether oxygens (including phenoxy) is 3. The Kier molecular flexibility index (Phi) is 11.0. The van der Waals surface area contributed by atoms with Crippen molar-refractivity contribution in [3.8, 4) is 11.5 Å². The van der Waals surface area contributed by atoms with Crippen molar-refractivity contribution in [1.82, 2.24) is 10.2 Å². The van der Waals surface area contributed by atoms with Crippen molar-refractivity contribution in [2.45, 2.75) is 51.3 Å². The molecule has 1 aliphatic rings. The molecule has 6 rings (SSSR count). The van der Waals surface area contributed by atoms with Gasteiger partial charge in [-0.3, -0.25) is 9.69 Å². The Bertz CT molecular complexity index is 1900. The first-order valence-electron chi connectivity index (χ1n) is 16.5. The van der Waals surface area contributed by atoms with Gasteiger partial charge in [-0.25, -0.2) is 9.59 Å². The first-order chi connectivity index (χ1) is 24.4. The molecule has 0 aliphatic carbocycles. The summed E-state index contributed by atoms with van der Waals surface area (Å²) in [7, 11) is 0. The lowest BCUT2D eigenvalue weighted by atomic mass is 9.93. The third kappa shape index (κ3) is 8.87. The maximum absolute atomic E-state index is 13.8. The number of nitrogens with one attached hydrogen (secondary N) is 1. The van der Waals surface area contributed by atoms with E-state index in [9.17, 15) is 19.5 Å². The van der Waals surface area contributed by atoms with E-state index in [1.807, 2.05) is 115 Å². The third-order valence-corrected chi connectivity index (χ3v) is 8.53. The van der Waals surface area contributed by atoms with Crippen LogP contribution in [0.5, 0.6) is 11.5 Å². The van der Waals surface area contributed by atoms with Crippen LogP contribution in [0.2, 0.25) is 0 Å². The molecule has 0 spiro atoms. The Morgan fingerprint density at radius 1 is 0.660 bits per heavy atom. The van der Waals surface area contributed by atoms with Gasteiger partial charge in [0.2, 0.25) is 5.91 Å². The predicted octanol–water partition coefficient (Wildman–Crippen LogP) is 6.72. The molecule has 0 bridgehead atoms. The van der Waals surface area contributed by atoms with E-state index in [-0.39, 0.29) is 32.6 Å². The normalized spacial score (nSPS) is 14.2. The van der Waals surface area contributed by atoms with Gasteiger partial charge < -0.3 is 24.6 Å². The average Bonchev–Trinajstić information content (AvgIpc) is 3.16. The zero-order valence-corrected chi connectivity index (χ0v) is 27.4. The summed E-state index contributed by atoms with van der Waals surface area (Å²) in [6.45, 7) is 0.810. The fraction of sp³-hybridized carbons (Fsp3) is 0.195. The molecular weight excluding hydrogens is 632 g/mol. The van der Waals surface area contributed by atoms with E-state index in [1.54, 1.807) is 18.2 Å². The molecule has 2 amide bonds. The molecule has 0 aromatic heterocycles. The van der Waals surface area contributed by atoms with Crippen molar-refractivity contribution in [2.75, 3.05) is 0 Å². The van der Waals surface area contributed by atoms with E-state index in [2.05, 4.69) is 5.32 Å². The zero-order valence-electron chi connectivity index (χ0n) is 27.4. The van der Waals surface area contributed by atoms with Gasteiger partial charge in [0, 0.05) is 12.8 Å². The number of carboxylic acids is 1. The molecule has 2 N–H and O–H groups in total. The summed E-state index contributed by atoms with van der Waals surface area (Å²) < 4.78 is 17.9. The van der Waals surface area contributed by atoms with E-state index >= 15 is 0 Å². The van der Waals surface area contributed by atoms with Crippen LogP contribution in [-0.2, 0) is 53.5 Å². The van der Waals surface area contributed by atoms with Crippen LogP contribution in [0.15, 0.2) is 133 Å². The number of carbonyl (C=O) groups excluding carboxylic acids is 2. The van der Waals surface area contributed by atoms with Gasteiger partial charge in [0.15, 0.2) is 11.5 Å². The Balaban J connectivity index is 1.18. The van der Waals surface area contributed by atoms with Gasteiger partial charge in [0.05, 0.1) is 6.54 Å². The average molecular weight is 671 g/mol. The molecule has 254 valence electrons. The van der Waals surface area contributed by atoms with Gasteiger partial charge in [-0.1, -0.05) is 121 Å². The second kappa shape index (κ2) is 16.3. The lowest BCUT2D eigenvalue weighted by Crippen LogP contribution is -2.56. The number of hydrogen-bond donors (Lipinski definition) is 2. The maximum atomic E-state index is 13.8. The molecular formula is C41H38N2O7. The number of nitrogens with zero attached hydrogens (tertiary/aromatic N) is 1. The van der Waals surface area contributed by atoms with E-state index < -0.39 is 30.1 Å². The fourth-order valence-electron chi connectivity index (χ4n) is 5.84. The smallest absolute Gasteiger partial charge is 0.411 e. The summed E-state index contributed by atoms with van der Waals surface area (Å²) in [6, 6.07) is 39.3. The molecule has 9 nitrogen and oxygen atoms in total. The van der Waals surface area contributed by atoms with Crippen LogP contribution in [0.4, 0.5) is 4.79 Å². The molecule has 5 aromatic rings. The highest BCUT2D eigenvalue weighted by atomic mass is 16.6. The second-order valence-corrected chi connectivity index (χ2v) is 12.1. The number of aliphatic carboxylic acids is 1. The van der Waals surface area contributed by atoms with E-state index in [0.29, 0.717) is 23.7 Å². The van der Waals surface area contributed by atoms with Crippen molar-refractivity contribution in [1.29, 1.82) is 0 Å². The van der Waals surface area contributed by atoms with E-state index in [4.69, 9.17) is 14.2 Å². The van der Waals surface area contributed by atoms with Crippen LogP contribution >= 0.6 is 0 Å². The minimum absolute atomic E-state index is 0.0243. The number of rotatable bonds is 13. The molecule has 0 saturated heterocycles. The van der Waals surface area contributed by atoms with E-state index in [1.165, 1.54) is 4.90 Å². The Morgan fingerprint density at radius 3 is 1.80 bits per heavy atom. The van der Waals surface area contributed by atoms with E-state index in [0.717, 1.165) is 27.8 Å². The molecule has 1 aliphatic heterocycles. The van der Waals surface area contributed by atoms with Crippen LogP contribution in [0.1, 0.15) is 33.4 Å². The lowest BCUT2D eigenvalue weighted by molar-refractivity contribution is -0.142. The monoisotopic (exact) mass is 670 g/mol. The quantitative estimate of drug-likeness (QED) is 0.143. The number of hydrogen-bond acceptors (Lipinski definition) is 6.